The summed E-state index contributed by atoms with van der Waals surface area (Å²) in [7, 11) is 0. The van der Waals surface area contributed by atoms with Crippen LogP contribution in [0.2, 0.25) is 0 Å². The minimum absolute atomic E-state index is 0.0786. The standard InChI is InChI=1S/C20H24F2N2O/c1-13-10-16(6-8-18(13)21)11-14(2)24-9-3-4-15-5-7-17(20(23)25)19(22)12-15/h5-8,10,12,14,24H,3-4,9,11H2,1-2H3,(H2,23,25). The third kappa shape index (κ3) is 5.64. The molecule has 1 atom stereocenters. The monoisotopic (exact) mass is 346 g/mol. The summed E-state index contributed by atoms with van der Waals surface area (Å²) in [5, 5.41) is 3.42. The molecule has 0 spiro atoms. The molecule has 0 saturated carbocycles. The van der Waals surface area contributed by atoms with Gasteiger partial charge in [0.2, 0.25) is 0 Å². The maximum Gasteiger partial charge on any atom is 0.251 e. The predicted octanol–water partition coefficient (Wildman–Crippen LogP) is 3.53. The van der Waals surface area contributed by atoms with Crippen LogP contribution in [0.4, 0.5) is 8.78 Å². The van der Waals surface area contributed by atoms with Gasteiger partial charge in [0.15, 0.2) is 0 Å². The van der Waals surface area contributed by atoms with E-state index in [-0.39, 0.29) is 17.4 Å². The zero-order valence-corrected chi connectivity index (χ0v) is 14.6. The summed E-state index contributed by atoms with van der Waals surface area (Å²) < 4.78 is 27.0. The summed E-state index contributed by atoms with van der Waals surface area (Å²) in [6.45, 7) is 4.64. The predicted molar refractivity (Wildman–Crippen MR) is 95.5 cm³/mol. The van der Waals surface area contributed by atoms with Crippen molar-refractivity contribution in [3.63, 3.8) is 0 Å². The first-order chi connectivity index (χ1) is 11.9. The quantitative estimate of drug-likeness (QED) is 0.719. The lowest BCUT2D eigenvalue weighted by molar-refractivity contribution is 0.0996. The average Bonchev–Trinajstić information content (AvgIpc) is 2.55. The fraction of sp³-hybridized carbons (Fsp3) is 0.350. The molecule has 3 nitrogen and oxygen atoms in total. The molecule has 0 aliphatic carbocycles. The Balaban J connectivity index is 1.76. The maximum absolute atomic E-state index is 13.7. The van der Waals surface area contributed by atoms with Crippen molar-refractivity contribution in [1.29, 1.82) is 0 Å². The van der Waals surface area contributed by atoms with Crippen molar-refractivity contribution < 1.29 is 13.6 Å². The Hall–Kier alpha value is -2.27. The summed E-state index contributed by atoms with van der Waals surface area (Å²) in [5.74, 6) is -1.51. The van der Waals surface area contributed by atoms with E-state index in [0.717, 1.165) is 30.5 Å². The van der Waals surface area contributed by atoms with Crippen LogP contribution in [0.1, 0.15) is 40.4 Å². The molecule has 2 rings (SSSR count). The van der Waals surface area contributed by atoms with Crippen LogP contribution >= 0.6 is 0 Å². The van der Waals surface area contributed by atoms with E-state index in [4.69, 9.17) is 5.73 Å². The molecule has 5 heteroatoms. The Labute approximate surface area is 147 Å². The van der Waals surface area contributed by atoms with E-state index in [9.17, 15) is 13.6 Å². The van der Waals surface area contributed by atoms with Gasteiger partial charge in [0, 0.05) is 6.04 Å². The number of rotatable bonds is 8. The number of nitrogens with one attached hydrogen (secondary N) is 1. The topological polar surface area (TPSA) is 55.1 Å². The molecule has 2 aromatic carbocycles. The summed E-state index contributed by atoms with van der Waals surface area (Å²) >= 11 is 0. The summed E-state index contributed by atoms with van der Waals surface area (Å²) in [6.07, 6.45) is 2.39. The molecular weight excluding hydrogens is 322 g/mol. The molecule has 0 aromatic heterocycles. The molecule has 2 aromatic rings. The number of benzene rings is 2. The molecule has 0 saturated heterocycles. The van der Waals surface area contributed by atoms with E-state index < -0.39 is 11.7 Å². The van der Waals surface area contributed by atoms with Crippen LogP contribution in [0, 0.1) is 18.6 Å². The molecule has 0 bridgehead atoms. The lowest BCUT2D eigenvalue weighted by Gasteiger charge is -2.14. The molecule has 1 unspecified atom stereocenters. The minimum Gasteiger partial charge on any atom is -0.366 e. The van der Waals surface area contributed by atoms with Gasteiger partial charge in [-0.3, -0.25) is 4.79 Å². The maximum atomic E-state index is 13.7. The number of carbonyl (C=O) groups excluding carboxylic acids is 1. The van der Waals surface area contributed by atoms with Gasteiger partial charge < -0.3 is 11.1 Å². The Morgan fingerprint density at radius 1 is 1.12 bits per heavy atom. The van der Waals surface area contributed by atoms with E-state index in [2.05, 4.69) is 12.2 Å². The number of hydrogen-bond acceptors (Lipinski definition) is 2. The van der Waals surface area contributed by atoms with Gasteiger partial charge in [-0.2, -0.15) is 0 Å². The number of halogens is 2. The van der Waals surface area contributed by atoms with Crippen molar-refractivity contribution >= 4 is 5.91 Å². The Bertz CT molecular complexity index is 746. The number of amides is 1. The van der Waals surface area contributed by atoms with Gasteiger partial charge in [-0.1, -0.05) is 18.2 Å². The van der Waals surface area contributed by atoms with E-state index in [1.54, 1.807) is 13.0 Å². The molecule has 0 radical (unpaired) electrons. The molecule has 0 heterocycles. The number of hydrogen-bond donors (Lipinski definition) is 2. The fourth-order valence-electron chi connectivity index (χ4n) is 2.81. The van der Waals surface area contributed by atoms with Crippen LogP contribution in [0.25, 0.3) is 0 Å². The highest BCUT2D eigenvalue weighted by Crippen LogP contribution is 2.13. The Morgan fingerprint density at radius 3 is 2.48 bits per heavy atom. The van der Waals surface area contributed by atoms with Gasteiger partial charge in [0.05, 0.1) is 5.56 Å². The zero-order valence-electron chi connectivity index (χ0n) is 14.6. The molecule has 0 aliphatic heterocycles. The third-order valence-corrected chi connectivity index (χ3v) is 4.20. The summed E-state index contributed by atoms with van der Waals surface area (Å²) in [4.78, 5) is 11.0. The van der Waals surface area contributed by atoms with Gasteiger partial charge in [-0.25, -0.2) is 8.78 Å². The van der Waals surface area contributed by atoms with Crippen molar-refractivity contribution in [1.82, 2.24) is 5.32 Å². The lowest BCUT2D eigenvalue weighted by Crippen LogP contribution is -2.29. The molecule has 1 amide bonds. The summed E-state index contributed by atoms with van der Waals surface area (Å²) in [6, 6.07) is 9.97. The number of carbonyl (C=O) groups is 1. The Morgan fingerprint density at radius 2 is 1.84 bits per heavy atom. The molecule has 0 aliphatic rings. The van der Waals surface area contributed by atoms with Crippen LogP contribution in [0.5, 0.6) is 0 Å². The molecule has 25 heavy (non-hydrogen) atoms. The first-order valence-electron chi connectivity index (χ1n) is 8.43. The second-order valence-electron chi connectivity index (χ2n) is 6.42. The average molecular weight is 346 g/mol. The lowest BCUT2D eigenvalue weighted by atomic mass is 10.0. The third-order valence-electron chi connectivity index (χ3n) is 4.20. The van der Waals surface area contributed by atoms with E-state index >= 15 is 0 Å². The van der Waals surface area contributed by atoms with E-state index in [0.29, 0.717) is 12.0 Å². The molecular formula is C20H24F2N2O. The van der Waals surface area contributed by atoms with Crippen molar-refractivity contribution in [3.05, 3.63) is 70.3 Å². The van der Waals surface area contributed by atoms with Crippen LogP contribution in [-0.2, 0) is 12.8 Å². The first kappa shape index (κ1) is 19.1. The SMILES string of the molecule is Cc1cc(CC(C)NCCCc2ccc(C(N)=O)c(F)c2)ccc1F. The zero-order chi connectivity index (χ0) is 18.4. The van der Waals surface area contributed by atoms with Crippen molar-refractivity contribution in [3.8, 4) is 0 Å². The largest absolute Gasteiger partial charge is 0.366 e. The van der Waals surface area contributed by atoms with Crippen LogP contribution < -0.4 is 11.1 Å². The molecule has 134 valence electrons. The van der Waals surface area contributed by atoms with Crippen LogP contribution in [0.3, 0.4) is 0 Å². The second-order valence-corrected chi connectivity index (χ2v) is 6.42. The van der Waals surface area contributed by atoms with Gasteiger partial charge in [0.25, 0.3) is 5.91 Å². The van der Waals surface area contributed by atoms with Gasteiger partial charge in [0.1, 0.15) is 11.6 Å². The van der Waals surface area contributed by atoms with Gasteiger partial charge in [-0.05, 0) is 74.5 Å². The molecule has 3 N–H and O–H groups in total. The molecule has 0 fully saturated rings. The van der Waals surface area contributed by atoms with Crippen molar-refractivity contribution in [2.75, 3.05) is 6.54 Å². The summed E-state index contributed by atoms with van der Waals surface area (Å²) in [5.41, 5.74) is 7.61. The minimum atomic E-state index is -0.754. The number of aryl methyl sites for hydroxylation is 2. The van der Waals surface area contributed by atoms with Crippen molar-refractivity contribution in [2.45, 2.75) is 39.2 Å². The highest BCUT2D eigenvalue weighted by Gasteiger charge is 2.09. The smallest absolute Gasteiger partial charge is 0.251 e. The fourth-order valence-corrected chi connectivity index (χ4v) is 2.81. The van der Waals surface area contributed by atoms with E-state index in [1.165, 1.54) is 18.2 Å². The van der Waals surface area contributed by atoms with E-state index in [1.807, 2.05) is 12.1 Å². The number of primary amides is 1. The second kappa shape index (κ2) is 8.72. The normalized spacial score (nSPS) is 12.2. The number of nitrogens with two attached hydrogens (primary N) is 1. The highest BCUT2D eigenvalue weighted by molar-refractivity contribution is 5.93. The highest BCUT2D eigenvalue weighted by atomic mass is 19.1. The van der Waals surface area contributed by atoms with Crippen molar-refractivity contribution in [2.24, 2.45) is 5.73 Å². The Kier molecular flexibility index (Phi) is 6.65. The van der Waals surface area contributed by atoms with Gasteiger partial charge >= 0.3 is 0 Å². The first-order valence-corrected chi connectivity index (χ1v) is 8.43. The van der Waals surface area contributed by atoms with Gasteiger partial charge in [-0.15, -0.1) is 0 Å². The van der Waals surface area contributed by atoms with Crippen LogP contribution in [-0.4, -0.2) is 18.5 Å². The van der Waals surface area contributed by atoms with Crippen LogP contribution in [0.15, 0.2) is 36.4 Å².